The lowest BCUT2D eigenvalue weighted by Crippen LogP contribution is -2.24. The third kappa shape index (κ3) is 2.00. The van der Waals surface area contributed by atoms with Crippen molar-refractivity contribution in [2.75, 3.05) is 6.54 Å². The summed E-state index contributed by atoms with van der Waals surface area (Å²) in [6.45, 7) is 0.521. The zero-order valence-corrected chi connectivity index (χ0v) is 12.0. The molecule has 110 valence electrons. The first-order chi connectivity index (χ1) is 10.8. The summed E-state index contributed by atoms with van der Waals surface area (Å²) >= 11 is 0. The molecule has 0 spiro atoms. The molecule has 0 aliphatic carbocycles. The summed E-state index contributed by atoms with van der Waals surface area (Å²) in [7, 11) is 0. The molecule has 0 bridgehead atoms. The van der Waals surface area contributed by atoms with E-state index in [0.717, 1.165) is 23.1 Å². The van der Waals surface area contributed by atoms with Gasteiger partial charge in [-0.2, -0.15) is 0 Å². The molecule has 0 amide bonds. The van der Waals surface area contributed by atoms with Gasteiger partial charge in [-0.05, 0) is 40.6 Å². The van der Waals surface area contributed by atoms with Crippen LogP contribution in [0, 0.1) is 0 Å². The number of aromatic nitrogens is 1. The lowest BCUT2D eigenvalue weighted by atomic mass is 9.97. The third-order valence-corrected chi connectivity index (χ3v) is 4.21. The summed E-state index contributed by atoms with van der Waals surface area (Å²) in [6.07, 6.45) is 2.55. The molecule has 0 saturated carbocycles. The van der Waals surface area contributed by atoms with Crippen LogP contribution in [0.2, 0.25) is 0 Å². The zero-order valence-electron chi connectivity index (χ0n) is 12.0. The number of pyridine rings is 1. The fourth-order valence-corrected chi connectivity index (χ4v) is 3.09. The Kier molecular flexibility index (Phi) is 2.98. The normalized spacial score (nSPS) is 16.5. The average molecular weight is 292 g/mol. The van der Waals surface area contributed by atoms with E-state index < -0.39 is 0 Å². The topological polar surface area (TPSA) is 68.1 Å². The van der Waals surface area contributed by atoms with Crippen molar-refractivity contribution in [3.63, 3.8) is 0 Å². The van der Waals surface area contributed by atoms with Gasteiger partial charge in [0.05, 0.1) is 0 Å². The van der Waals surface area contributed by atoms with Crippen LogP contribution < -0.4 is 16.0 Å². The SMILES string of the molecule is NCC1Cc2c(ccc3cc(-c4ccc[nH]c4=O)ccc23)O1. The summed E-state index contributed by atoms with van der Waals surface area (Å²) in [6, 6.07) is 13.8. The minimum Gasteiger partial charge on any atom is -0.488 e. The Hall–Kier alpha value is -2.59. The first kappa shape index (κ1) is 13.1. The van der Waals surface area contributed by atoms with E-state index in [4.69, 9.17) is 10.5 Å². The molecule has 1 unspecified atom stereocenters. The molecule has 4 heteroatoms. The van der Waals surface area contributed by atoms with Gasteiger partial charge in [0.2, 0.25) is 0 Å². The lowest BCUT2D eigenvalue weighted by Gasteiger charge is -2.07. The highest BCUT2D eigenvalue weighted by Gasteiger charge is 2.23. The summed E-state index contributed by atoms with van der Waals surface area (Å²) in [5.41, 5.74) is 8.45. The molecule has 22 heavy (non-hydrogen) atoms. The van der Waals surface area contributed by atoms with Crippen molar-refractivity contribution in [1.29, 1.82) is 0 Å². The van der Waals surface area contributed by atoms with Gasteiger partial charge in [0.25, 0.3) is 5.56 Å². The van der Waals surface area contributed by atoms with Crippen molar-refractivity contribution in [2.45, 2.75) is 12.5 Å². The van der Waals surface area contributed by atoms with Crippen molar-refractivity contribution in [3.8, 4) is 16.9 Å². The van der Waals surface area contributed by atoms with E-state index in [-0.39, 0.29) is 11.7 Å². The third-order valence-electron chi connectivity index (χ3n) is 4.21. The molecule has 1 aromatic heterocycles. The molecular weight excluding hydrogens is 276 g/mol. The zero-order chi connectivity index (χ0) is 15.1. The summed E-state index contributed by atoms with van der Waals surface area (Å²) in [5.74, 6) is 0.924. The predicted molar refractivity (Wildman–Crippen MR) is 87.2 cm³/mol. The molecule has 0 fully saturated rings. The van der Waals surface area contributed by atoms with Crippen LogP contribution in [0.25, 0.3) is 21.9 Å². The van der Waals surface area contributed by atoms with Crippen LogP contribution in [0.4, 0.5) is 0 Å². The smallest absolute Gasteiger partial charge is 0.255 e. The van der Waals surface area contributed by atoms with Gasteiger partial charge in [-0.3, -0.25) is 4.79 Å². The van der Waals surface area contributed by atoms with Crippen LogP contribution in [0.5, 0.6) is 5.75 Å². The molecule has 1 atom stereocenters. The highest BCUT2D eigenvalue weighted by atomic mass is 16.5. The van der Waals surface area contributed by atoms with Crippen LogP contribution in [0.1, 0.15) is 5.56 Å². The van der Waals surface area contributed by atoms with Gasteiger partial charge in [-0.25, -0.2) is 0 Å². The molecule has 1 aliphatic heterocycles. The van der Waals surface area contributed by atoms with Crippen molar-refractivity contribution < 1.29 is 4.74 Å². The van der Waals surface area contributed by atoms with Crippen LogP contribution >= 0.6 is 0 Å². The minimum absolute atomic E-state index is 0.0669. The van der Waals surface area contributed by atoms with E-state index in [2.05, 4.69) is 17.1 Å². The number of fused-ring (bicyclic) bond motifs is 3. The molecule has 3 aromatic rings. The fraction of sp³-hybridized carbons (Fsp3) is 0.167. The quantitative estimate of drug-likeness (QED) is 0.762. The molecule has 4 rings (SSSR count). The van der Waals surface area contributed by atoms with Crippen molar-refractivity contribution in [2.24, 2.45) is 5.73 Å². The Morgan fingerprint density at radius 2 is 2.14 bits per heavy atom. The average Bonchev–Trinajstić information content (AvgIpc) is 2.98. The first-order valence-corrected chi connectivity index (χ1v) is 7.36. The number of ether oxygens (including phenoxy) is 1. The van der Waals surface area contributed by atoms with E-state index in [1.807, 2.05) is 30.3 Å². The van der Waals surface area contributed by atoms with Crippen LogP contribution in [-0.2, 0) is 6.42 Å². The van der Waals surface area contributed by atoms with Gasteiger partial charge in [0.1, 0.15) is 11.9 Å². The number of hydrogen-bond donors (Lipinski definition) is 2. The Morgan fingerprint density at radius 3 is 2.95 bits per heavy atom. The summed E-state index contributed by atoms with van der Waals surface area (Å²) in [4.78, 5) is 14.6. The second kappa shape index (κ2) is 5.00. The second-order valence-corrected chi connectivity index (χ2v) is 5.57. The van der Waals surface area contributed by atoms with E-state index >= 15 is 0 Å². The number of H-pyrrole nitrogens is 1. The Bertz CT molecular complexity index is 914. The molecule has 1 aliphatic rings. The molecule has 3 N–H and O–H groups in total. The maximum atomic E-state index is 11.9. The maximum Gasteiger partial charge on any atom is 0.255 e. The molecule has 2 aromatic carbocycles. The van der Waals surface area contributed by atoms with Gasteiger partial charge in [0, 0.05) is 30.3 Å². The van der Waals surface area contributed by atoms with E-state index in [1.54, 1.807) is 6.20 Å². The number of nitrogens with one attached hydrogen (secondary N) is 1. The number of rotatable bonds is 2. The number of benzene rings is 2. The molecular formula is C18H16N2O2. The van der Waals surface area contributed by atoms with Crippen LogP contribution in [-0.4, -0.2) is 17.6 Å². The van der Waals surface area contributed by atoms with Crippen molar-refractivity contribution >= 4 is 10.8 Å². The van der Waals surface area contributed by atoms with Gasteiger partial charge < -0.3 is 15.5 Å². The van der Waals surface area contributed by atoms with E-state index in [9.17, 15) is 4.79 Å². The van der Waals surface area contributed by atoms with Gasteiger partial charge >= 0.3 is 0 Å². The van der Waals surface area contributed by atoms with Crippen molar-refractivity contribution in [1.82, 2.24) is 4.98 Å². The number of aromatic amines is 1. The fourth-order valence-electron chi connectivity index (χ4n) is 3.09. The van der Waals surface area contributed by atoms with Gasteiger partial charge in [-0.15, -0.1) is 0 Å². The van der Waals surface area contributed by atoms with E-state index in [0.29, 0.717) is 12.1 Å². The van der Waals surface area contributed by atoms with E-state index in [1.165, 1.54) is 10.9 Å². The second-order valence-electron chi connectivity index (χ2n) is 5.57. The molecule has 0 saturated heterocycles. The Balaban J connectivity index is 1.86. The predicted octanol–water partition coefficient (Wildman–Crippen LogP) is 2.46. The monoisotopic (exact) mass is 292 g/mol. The van der Waals surface area contributed by atoms with Crippen LogP contribution in [0.15, 0.2) is 53.5 Å². The first-order valence-electron chi connectivity index (χ1n) is 7.36. The highest BCUT2D eigenvalue weighted by Crippen LogP contribution is 2.36. The Labute approximate surface area is 127 Å². The minimum atomic E-state index is -0.0745. The van der Waals surface area contributed by atoms with Crippen LogP contribution in [0.3, 0.4) is 0 Å². The summed E-state index contributed by atoms with van der Waals surface area (Å²) in [5, 5.41) is 2.28. The maximum absolute atomic E-state index is 11.9. The number of nitrogens with two attached hydrogens (primary N) is 1. The molecule has 0 radical (unpaired) electrons. The molecule has 2 heterocycles. The lowest BCUT2D eigenvalue weighted by molar-refractivity contribution is 0.241. The number of hydrogen-bond acceptors (Lipinski definition) is 3. The van der Waals surface area contributed by atoms with Gasteiger partial charge in [0.15, 0.2) is 0 Å². The van der Waals surface area contributed by atoms with Gasteiger partial charge in [-0.1, -0.05) is 18.2 Å². The largest absolute Gasteiger partial charge is 0.488 e. The highest BCUT2D eigenvalue weighted by molar-refractivity contribution is 5.91. The summed E-state index contributed by atoms with van der Waals surface area (Å²) < 4.78 is 5.82. The van der Waals surface area contributed by atoms with Crippen molar-refractivity contribution in [3.05, 3.63) is 64.6 Å². The molecule has 4 nitrogen and oxygen atoms in total. The standard InChI is InChI=1S/C18H16N2O2/c19-10-13-9-16-14-5-3-12(15-2-1-7-20-18(15)21)8-11(14)4-6-17(16)22-13/h1-8,13H,9-10,19H2,(H,20,21). The Morgan fingerprint density at radius 1 is 1.23 bits per heavy atom.